The van der Waals surface area contributed by atoms with Gasteiger partial charge in [0.1, 0.15) is 11.9 Å². The maximum Gasteiger partial charge on any atom is 0.273 e. The number of halogens is 2. The second-order valence-electron chi connectivity index (χ2n) is 5.09. The first-order chi connectivity index (χ1) is 10.6. The number of hydrogen-bond donors (Lipinski definition) is 2. The number of amides is 1. The summed E-state index contributed by atoms with van der Waals surface area (Å²) in [6, 6.07) is 0.379. The SMILES string of the molecule is O=C(N[C@H]1CCC[C@H]1Oc1cn[nH]c1)c1ncc(F)cc1F. The van der Waals surface area contributed by atoms with Gasteiger partial charge in [0, 0.05) is 6.07 Å². The number of hydrogen-bond acceptors (Lipinski definition) is 4. The van der Waals surface area contributed by atoms with Crippen LogP contribution in [0.25, 0.3) is 0 Å². The molecule has 0 radical (unpaired) electrons. The standard InChI is InChI=1S/C14H14F2N4O2/c15-8-4-10(16)13(17-5-8)14(21)20-11-2-1-3-12(11)22-9-6-18-19-7-9/h4-7,11-12H,1-3H2,(H,18,19)(H,20,21)/t11-,12+/m0/s1. The van der Waals surface area contributed by atoms with Crippen LogP contribution in [0.4, 0.5) is 8.78 Å². The summed E-state index contributed by atoms with van der Waals surface area (Å²) in [6.45, 7) is 0. The van der Waals surface area contributed by atoms with Crippen molar-refractivity contribution in [1.29, 1.82) is 0 Å². The largest absolute Gasteiger partial charge is 0.485 e. The van der Waals surface area contributed by atoms with Gasteiger partial charge in [-0.25, -0.2) is 13.8 Å². The molecule has 1 aliphatic carbocycles. The summed E-state index contributed by atoms with van der Waals surface area (Å²) in [7, 11) is 0. The third kappa shape index (κ3) is 3.05. The Balaban J connectivity index is 1.67. The Morgan fingerprint density at radius 3 is 2.95 bits per heavy atom. The van der Waals surface area contributed by atoms with Gasteiger partial charge >= 0.3 is 0 Å². The Labute approximate surface area is 124 Å². The van der Waals surface area contributed by atoms with E-state index < -0.39 is 23.2 Å². The van der Waals surface area contributed by atoms with E-state index in [0.717, 1.165) is 25.5 Å². The first kappa shape index (κ1) is 14.4. The van der Waals surface area contributed by atoms with Gasteiger partial charge in [0.15, 0.2) is 17.3 Å². The van der Waals surface area contributed by atoms with E-state index in [4.69, 9.17) is 4.74 Å². The molecule has 2 aromatic rings. The minimum Gasteiger partial charge on any atom is -0.485 e. The third-order valence-electron chi connectivity index (χ3n) is 3.55. The van der Waals surface area contributed by atoms with Crippen LogP contribution in [-0.2, 0) is 0 Å². The van der Waals surface area contributed by atoms with E-state index >= 15 is 0 Å². The fourth-order valence-electron chi connectivity index (χ4n) is 2.53. The van der Waals surface area contributed by atoms with Crippen molar-refractivity contribution >= 4 is 5.91 Å². The van der Waals surface area contributed by atoms with Gasteiger partial charge in [0.25, 0.3) is 5.91 Å². The monoisotopic (exact) mass is 308 g/mol. The summed E-state index contributed by atoms with van der Waals surface area (Å²) in [6.07, 6.45) is 6.12. The van der Waals surface area contributed by atoms with Gasteiger partial charge < -0.3 is 10.1 Å². The summed E-state index contributed by atoms with van der Waals surface area (Å²) in [5.74, 6) is -1.90. The van der Waals surface area contributed by atoms with Gasteiger partial charge in [-0.3, -0.25) is 9.89 Å². The zero-order valence-corrected chi connectivity index (χ0v) is 11.6. The lowest BCUT2D eigenvalue weighted by atomic mass is 10.2. The van der Waals surface area contributed by atoms with Crippen LogP contribution in [0.15, 0.2) is 24.7 Å². The zero-order chi connectivity index (χ0) is 15.5. The second kappa shape index (κ2) is 6.08. The molecule has 8 heteroatoms. The number of rotatable bonds is 4. The molecule has 1 fully saturated rings. The maximum atomic E-state index is 13.6. The van der Waals surface area contributed by atoms with E-state index in [1.165, 1.54) is 0 Å². The van der Waals surface area contributed by atoms with Crippen LogP contribution < -0.4 is 10.1 Å². The van der Waals surface area contributed by atoms with Crippen LogP contribution in [0.1, 0.15) is 29.8 Å². The molecule has 2 heterocycles. The summed E-state index contributed by atoms with van der Waals surface area (Å²) >= 11 is 0. The average Bonchev–Trinajstić information content (AvgIpc) is 3.12. The normalized spacial score (nSPS) is 20.8. The van der Waals surface area contributed by atoms with Crippen LogP contribution in [0, 0.1) is 11.6 Å². The third-order valence-corrected chi connectivity index (χ3v) is 3.55. The Bertz CT molecular complexity index is 663. The molecule has 0 aliphatic heterocycles. The number of carbonyl (C=O) groups excluding carboxylic acids is 1. The number of nitrogens with zero attached hydrogens (tertiary/aromatic N) is 2. The quantitative estimate of drug-likeness (QED) is 0.903. The van der Waals surface area contributed by atoms with Gasteiger partial charge in [0.2, 0.25) is 0 Å². The van der Waals surface area contributed by atoms with E-state index in [0.29, 0.717) is 11.8 Å². The molecule has 2 N–H and O–H groups in total. The second-order valence-corrected chi connectivity index (χ2v) is 5.09. The minimum absolute atomic E-state index is 0.218. The molecule has 2 atom stereocenters. The molecule has 1 saturated carbocycles. The number of aromatic amines is 1. The summed E-state index contributed by atoms with van der Waals surface area (Å²) in [4.78, 5) is 15.6. The molecule has 0 saturated heterocycles. The Morgan fingerprint density at radius 2 is 2.23 bits per heavy atom. The lowest BCUT2D eigenvalue weighted by Gasteiger charge is -2.21. The van der Waals surface area contributed by atoms with E-state index in [1.807, 2.05) is 0 Å². The molecular weight excluding hydrogens is 294 g/mol. The number of ether oxygens (including phenoxy) is 1. The zero-order valence-electron chi connectivity index (χ0n) is 11.6. The smallest absolute Gasteiger partial charge is 0.273 e. The highest BCUT2D eigenvalue weighted by Crippen LogP contribution is 2.24. The number of H-pyrrole nitrogens is 1. The lowest BCUT2D eigenvalue weighted by Crippen LogP contribution is -2.43. The first-order valence-electron chi connectivity index (χ1n) is 6.91. The fourth-order valence-corrected chi connectivity index (χ4v) is 2.53. The molecule has 0 bridgehead atoms. The van der Waals surface area contributed by atoms with Crippen molar-refractivity contribution in [2.45, 2.75) is 31.4 Å². The summed E-state index contributed by atoms with van der Waals surface area (Å²) in [5.41, 5.74) is -0.421. The molecule has 2 aromatic heterocycles. The minimum atomic E-state index is -0.984. The van der Waals surface area contributed by atoms with Crippen LogP contribution in [0.3, 0.4) is 0 Å². The van der Waals surface area contributed by atoms with Crippen molar-refractivity contribution in [2.75, 3.05) is 0 Å². The fraction of sp³-hybridized carbons (Fsp3) is 0.357. The van der Waals surface area contributed by atoms with Crippen LogP contribution in [-0.4, -0.2) is 33.2 Å². The summed E-state index contributed by atoms with van der Waals surface area (Å²) in [5, 5.41) is 9.12. The van der Waals surface area contributed by atoms with E-state index in [1.54, 1.807) is 12.4 Å². The predicted octanol–water partition coefficient (Wildman–Crippen LogP) is 1.81. The van der Waals surface area contributed by atoms with Crippen LogP contribution >= 0.6 is 0 Å². The molecule has 0 aromatic carbocycles. The molecule has 0 spiro atoms. The van der Waals surface area contributed by atoms with Crippen LogP contribution in [0.2, 0.25) is 0 Å². The molecule has 1 amide bonds. The lowest BCUT2D eigenvalue weighted by molar-refractivity contribution is 0.0884. The van der Waals surface area contributed by atoms with Gasteiger partial charge in [-0.15, -0.1) is 0 Å². The Kier molecular flexibility index (Phi) is 3.99. The molecule has 22 heavy (non-hydrogen) atoms. The van der Waals surface area contributed by atoms with Crippen molar-refractivity contribution in [3.05, 3.63) is 42.0 Å². The maximum absolute atomic E-state index is 13.6. The molecule has 3 rings (SSSR count). The van der Waals surface area contributed by atoms with Gasteiger partial charge in [-0.2, -0.15) is 5.10 Å². The number of pyridine rings is 1. The number of nitrogens with one attached hydrogen (secondary N) is 2. The Morgan fingerprint density at radius 1 is 1.36 bits per heavy atom. The van der Waals surface area contributed by atoms with E-state index in [9.17, 15) is 13.6 Å². The molecule has 116 valence electrons. The highest BCUT2D eigenvalue weighted by Gasteiger charge is 2.31. The van der Waals surface area contributed by atoms with Gasteiger partial charge in [-0.1, -0.05) is 0 Å². The Hall–Kier alpha value is -2.51. The highest BCUT2D eigenvalue weighted by molar-refractivity contribution is 5.92. The van der Waals surface area contributed by atoms with Gasteiger partial charge in [-0.05, 0) is 19.3 Å². The van der Waals surface area contributed by atoms with Crippen molar-refractivity contribution in [3.8, 4) is 5.75 Å². The number of carbonyl (C=O) groups is 1. The molecule has 1 aliphatic rings. The topological polar surface area (TPSA) is 79.9 Å². The summed E-state index contributed by atoms with van der Waals surface area (Å²) < 4.78 is 32.1. The molecular formula is C14H14F2N4O2. The van der Waals surface area contributed by atoms with Crippen molar-refractivity contribution < 1.29 is 18.3 Å². The van der Waals surface area contributed by atoms with Crippen molar-refractivity contribution in [3.63, 3.8) is 0 Å². The first-order valence-corrected chi connectivity index (χ1v) is 6.91. The highest BCUT2D eigenvalue weighted by atomic mass is 19.1. The van der Waals surface area contributed by atoms with Crippen LogP contribution in [0.5, 0.6) is 5.75 Å². The van der Waals surface area contributed by atoms with Crippen molar-refractivity contribution in [1.82, 2.24) is 20.5 Å². The number of aromatic nitrogens is 3. The van der Waals surface area contributed by atoms with Gasteiger partial charge in [0.05, 0.1) is 24.6 Å². The average molecular weight is 308 g/mol. The molecule has 6 nitrogen and oxygen atoms in total. The molecule has 0 unspecified atom stereocenters. The van der Waals surface area contributed by atoms with E-state index in [2.05, 4.69) is 20.5 Å². The van der Waals surface area contributed by atoms with E-state index in [-0.39, 0.29) is 12.1 Å². The van der Waals surface area contributed by atoms with Crippen molar-refractivity contribution in [2.24, 2.45) is 0 Å². The predicted molar refractivity (Wildman–Crippen MR) is 72.3 cm³/mol.